The zero-order valence-corrected chi connectivity index (χ0v) is 13.0. The number of carbonyl (C=O) groups is 3. The van der Waals surface area contributed by atoms with E-state index >= 15 is 0 Å². The van der Waals surface area contributed by atoms with Gasteiger partial charge in [0.05, 0.1) is 6.26 Å². The topological polar surface area (TPSA) is 97.6 Å². The van der Waals surface area contributed by atoms with Gasteiger partial charge in [0, 0.05) is 6.54 Å². The fourth-order valence-electron chi connectivity index (χ4n) is 1.66. The lowest BCUT2D eigenvalue weighted by atomic mass is 10.0. The zero-order valence-electron chi connectivity index (χ0n) is 13.0. The van der Waals surface area contributed by atoms with E-state index in [2.05, 4.69) is 10.6 Å². The van der Waals surface area contributed by atoms with Gasteiger partial charge in [-0.05, 0) is 24.5 Å². The fourth-order valence-corrected chi connectivity index (χ4v) is 1.66. The van der Waals surface area contributed by atoms with Crippen LogP contribution in [-0.2, 0) is 14.3 Å². The monoisotopic (exact) mass is 310 g/mol. The second-order valence-corrected chi connectivity index (χ2v) is 5.13. The van der Waals surface area contributed by atoms with Crippen LogP contribution >= 0.6 is 0 Å². The summed E-state index contributed by atoms with van der Waals surface area (Å²) in [6, 6.07) is 2.22. The Kier molecular flexibility index (Phi) is 7.15. The third-order valence-electron chi connectivity index (χ3n) is 2.87. The van der Waals surface area contributed by atoms with Crippen LogP contribution in [0.2, 0.25) is 0 Å². The molecule has 1 heterocycles. The third kappa shape index (κ3) is 5.59. The Morgan fingerprint density at radius 2 is 2.05 bits per heavy atom. The summed E-state index contributed by atoms with van der Waals surface area (Å²) in [6.07, 6.45) is 2.17. The van der Waals surface area contributed by atoms with Crippen molar-refractivity contribution in [3.05, 3.63) is 24.2 Å². The van der Waals surface area contributed by atoms with Crippen molar-refractivity contribution in [2.75, 3.05) is 13.2 Å². The summed E-state index contributed by atoms with van der Waals surface area (Å²) < 4.78 is 9.92. The van der Waals surface area contributed by atoms with Gasteiger partial charge < -0.3 is 19.8 Å². The summed E-state index contributed by atoms with van der Waals surface area (Å²) in [5.41, 5.74) is 0. The number of esters is 1. The van der Waals surface area contributed by atoms with Crippen LogP contribution in [0, 0.1) is 5.92 Å². The molecule has 0 radical (unpaired) electrons. The summed E-state index contributed by atoms with van der Waals surface area (Å²) in [6.45, 7) is 5.63. The Balaban J connectivity index is 2.53. The first-order chi connectivity index (χ1) is 10.5. The molecule has 0 aliphatic heterocycles. The van der Waals surface area contributed by atoms with Gasteiger partial charge in [-0.25, -0.2) is 4.79 Å². The van der Waals surface area contributed by atoms with Crippen molar-refractivity contribution >= 4 is 17.8 Å². The second kappa shape index (κ2) is 8.86. The van der Waals surface area contributed by atoms with E-state index in [0.717, 1.165) is 6.42 Å². The molecule has 0 bridgehead atoms. The molecule has 1 aromatic heterocycles. The van der Waals surface area contributed by atoms with Gasteiger partial charge in [-0.15, -0.1) is 0 Å². The zero-order chi connectivity index (χ0) is 16.5. The molecule has 0 fully saturated rings. The predicted octanol–water partition coefficient (Wildman–Crippen LogP) is 1.10. The SMILES string of the molecule is CCCNC(=O)COC(=O)[C@H](NC(=O)c1ccco1)C(C)C. The number of furan rings is 1. The molecule has 7 heteroatoms. The van der Waals surface area contributed by atoms with E-state index in [1.165, 1.54) is 12.3 Å². The number of rotatable bonds is 8. The Labute approximate surface area is 129 Å². The molecule has 1 atom stereocenters. The van der Waals surface area contributed by atoms with Crippen LogP contribution in [-0.4, -0.2) is 37.0 Å². The smallest absolute Gasteiger partial charge is 0.329 e. The molecule has 2 N–H and O–H groups in total. The highest BCUT2D eigenvalue weighted by molar-refractivity contribution is 5.94. The van der Waals surface area contributed by atoms with Gasteiger partial charge in [0.1, 0.15) is 6.04 Å². The van der Waals surface area contributed by atoms with Gasteiger partial charge in [-0.1, -0.05) is 20.8 Å². The molecule has 0 aliphatic carbocycles. The van der Waals surface area contributed by atoms with E-state index in [4.69, 9.17) is 9.15 Å². The van der Waals surface area contributed by atoms with Crippen molar-refractivity contribution in [3.63, 3.8) is 0 Å². The van der Waals surface area contributed by atoms with Crippen molar-refractivity contribution in [2.24, 2.45) is 5.92 Å². The first kappa shape index (κ1) is 17.7. The summed E-state index contributed by atoms with van der Waals surface area (Å²) in [4.78, 5) is 35.4. The fraction of sp³-hybridized carbons (Fsp3) is 0.533. The highest BCUT2D eigenvalue weighted by atomic mass is 16.5. The van der Waals surface area contributed by atoms with Crippen LogP contribution in [0.15, 0.2) is 22.8 Å². The molecular formula is C15H22N2O5. The van der Waals surface area contributed by atoms with Crippen molar-refractivity contribution < 1.29 is 23.5 Å². The van der Waals surface area contributed by atoms with E-state index in [1.54, 1.807) is 19.9 Å². The van der Waals surface area contributed by atoms with Crippen LogP contribution in [0.1, 0.15) is 37.7 Å². The maximum absolute atomic E-state index is 12.0. The van der Waals surface area contributed by atoms with Crippen molar-refractivity contribution in [3.8, 4) is 0 Å². The molecule has 1 aromatic rings. The quantitative estimate of drug-likeness (QED) is 0.701. The van der Waals surface area contributed by atoms with Crippen molar-refractivity contribution in [1.29, 1.82) is 0 Å². The first-order valence-electron chi connectivity index (χ1n) is 7.23. The molecule has 0 spiro atoms. The molecule has 0 aliphatic rings. The van der Waals surface area contributed by atoms with Crippen LogP contribution in [0.3, 0.4) is 0 Å². The molecule has 0 aromatic carbocycles. The van der Waals surface area contributed by atoms with Gasteiger partial charge >= 0.3 is 5.97 Å². The van der Waals surface area contributed by atoms with Gasteiger partial charge in [-0.3, -0.25) is 9.59 Å². The number of amides is 2. The van der Waals surface area contributed by atoms with Crippen LogP contribution in [0.5, 0.6) is 0 Å². The Morgan fingerprint density at radius 1 is 1.32 bits per heavy atom. The minimum absolute atomic E-state index is 0.110. The maximum Gasteiger partial charge on any atom is 0.329 e. The average molecular weight is 310 g/mol. The average Bonchev–Trinajstić information content (AvgIpc) is 3.01. The number of ether oxygens (including phenoxy) is 1. The van der Waals surface area contributed by atoms with E-state index < -0.39 is 17.9 Å². The lowest BCUT2D eigenvalue weighted by Gasteiger charge is -2.20. The molecule has 22 heavy (non-hydrogen) atoms. The van der Waals surface area contributed by atoms with Gasteiger partial charge in [0.25, 0.3) is 11.8 Å². The molecule has 7 nitrogen and oxygen atoms in total. The molecule has 122 valence electrons. The summed E-state index contributed by atoms with van der Waals surface area (Å²) in [7, 11) is 0. The highest BCUT2D eigenvalue weighted by Crippen LogP contribution is 2.07. The minimum atomic E-state index is -0.850. The molecular weight excluding hydrogens is 288 g/mol. The number of nitrogens with one attached hydrogen (secondary N) is 2. The van der Waals surface area contributed by atoms with Crippen LogP contribution in [0.25, 0.3) is 0 Å². The molecule has 1 rings (SSSR count). The van der Waals surface area contributed by atoms with E-state index in [1.807, 2.05) is 6.92 Å². The predicted molar refractivity (Wildman–Crippen MR) is 79.1 cm³/mol. The Morgan fingerprint density at radius 3 is 2.59 bits per heavy atom. The van der Waals surface area contributed by atoms with Crippen molar-refractivity contribution in [2.45, 2.75) is 33.2 Å². The Bertz CT molecular complexity index is 496. The molecule has 2 amide bonds. The minimum Gasteiger partial charge on any atom is -0.459 e. The lowest BCUT2D eigenvalue weighted by molar-refractivity contribution is -0.151. The molecule has 0 saturated heterocycles. The highest BCUT2D eigenvalue weighted by Gasteiger charge is 2.27. The lowest BCUT2D eigenvalue weighted by Crippen LogP contribution is -2.46. The van der Waals surface area contributed by atoms with Crippen molar-refractivity contribution in [1.82, 2.24) is 10.6 Å². The third-order valence-corrected chi connectivity index (χ3v) is 2.87. The summed E-state index contributed by atoms with van der Waals surface area (Å²) in [5.74, 6) is -1.60. The number of hydrogen-bond acceptors (Lipinski definition) is 5. The number of hydrogen-bond donors (Lipinski definition) is 2. The van der Waals surface area contributed by atoms with Crippen LogP contribution in [0.4, 0.5) is 0 Å². The van der Waals surface area contributed by atoms with Crippen LogP contribution < -0.4 is 10.6 Å². The molecule has 0 unspecified atom stereocenters. The Hall–Kier alpha value is -2.31. The maximum atomic E-state index is 12.0. The summed E-state index contributed by atoms with van der Waals surface area (Å²) >= 11 is 0. The first-order valence-corrected chi connectivity index (χ1v) is 7.23. The van der Waals surface area contributed by atoms with E-state index in [9.17, 15) is 14.4 Å². The van der Waals surface area contributed by atoms with Gasteiger partial charge in [0.15, 0.2) is 12.4 Å². The second-order valence-electron chi connectivity index (χ2n) is 5.13. The number of carbonyl (C=O) groups excluding carboxylic acids is 3. The largest absolute Gasteiger partial charge is 0.459 e. The van der Waals surface area contributed by atoms with E-state index in [-0.39, 0.29) is 24.2 Å². The molecule has 0 saturated carbocycles. The standard InChI is InChI=1S/C15H22N2O5/c1-4-7-16-12(18)9-22-15(20)13(10(2)3)17-14(19)11-6-5-8-21-11/h5-6,8,10,13H,4,7,9H2,1-3H3,(H,16,18)(H,17,19)/t13-/m1/s1. The normalized spacial score (nSPS) is 11.8. The van der Waals surface area contributed by atoms with E-state index in [0.29, 0.717) is 6.54 Å². The summed E-state index contributed by atoms with van der Waals surface area (Å²) in [5, 5.41) is 5.15. The van der Waals surface area contributed by atoms with Gasteiger partial charge in [-0.2, -0.15) is 0 Å². The van der Waals surface area contributed by atoms with Gasteiger partial charge in [0.2, 0.25) is 0 Å².